The maximum atomic E-state index is 11.5. The van der Waals surface area contributed by atoms with Gasteiger partial charge in [-0.05, 0) is 87.1 Å². The molecule has 4 aromatic rings. The van der Waals surface area contributed by atoms with Gasteiger partial charge in [-0.25, -0.2) is 9.67 Å². The highest BCUT2D eigenvalue weighted by molar-refractivity contribution is 6.07. The lowest BCUT2D eigenvalue weighted by Gasteiger charge is -2.33. The molecule has 0 spiro atoms. The lowest BCUT2D eigenvalue weighted by Crippen LogP contribution is -2.38. The quantitative estimate of drug-likeness (QED) is 0.326. The molecule has 2 aliphatic heterocycles. The van der Waals surface area contributed by atoms with Gasteiger partial charge < -0.3 is 19.3 Å². The monoisotopic (exact) mass is 542 g/mol. The average Bonchev–Trinajstić information content (AvgIpc) is 3.37. The first-order chi connectivity index (χ1) is 19.5. The largest absolute Gasteiger partial charge is 0.481 e. The van der Waals surface area contributed by atoms with Crippen molar-refractivity contribution < 1.29 is 24.1 Å². The Kier molecular flexibility index (Phi) is 6.64. The van der Waals surface area contributed by atoms with Crippen LogP contribution >= 0.6 is 0 Å². The van der Waals surface area contributed by atoms with Gasteiger partial charge >= 0.3 is 5.97 Å². The molecule has 1 aromatic carbocycles. The first kappa shape index (κ1) is 25.4. The number of aryl methyl sites for hydroxylation is 1. The molecular weight excluding hydrogens is 508 g/mol. The normalized spacial score (nSPS) is 23.8. The number of aromatic nitrogens is 4. The zero-order chi connectivity index (χ0) is 27.2. The molecule has 3 fully saturated rings. The van der Waals surface area contributed by atoms with Gasteiger partial charge in [-0.15, -0.1) is 0 Å². The summed E-state index contributed by atoms with van der Waals surface area (Å²) in [6, 6.07) is 8.52. The second-order valence-electron chi connectivity index (χ2n) is 11.4. The Morgan fingerprint density at radius 1 is 1.07 bits per heavy atom. The molecule has 1 aliphatic carbocycles. The zero-order valence-electron chi connectivity index (χ0n) is 22.7. The average molecular weight is 543 g/mol. The molecule has 1 unspecified atom stereocenters. The van der Waals surface area contributed by atoms with Gasteiger partial charge in [-0.2, -0.15) is 5.10 Å². The number of carboxylic acids is 1. The van der Waals surface area contributed by atoms with E-state index in [0.29, 0.717) is 31.9 Å². The van der Waals surface area contributed by atoms with Gasteiger partial charge in [0.2, 0.25) is 5.88 Å². The predicted octanol–water partition coefficient (Wildman–Crippen LogP) is 5.79. The van der Waals surface area contributed by atoms with Crippen LogP contribution < -0.4 is 4.74 Å². The van der Waals surface area contributed by atoms with E-state index in [2.05, 4.69) is 29.2 Å². The topological polar surface area (TPSA) is 109 Å². The predicted molar refractivity (Wildman–Crippen MR) is 149 cm³/mol. The summed E-state index contributed by atoms with van der Waals surface area (Å²) in [5.74, 6) is -0.325. The minimum absolute atomic E-state index is 0.0900. The zero-order valence-corrected chi connectivity index (χ0v) is 22.7. The second kappa shape index (κ2) is 10.4. The molecule has 1 saturated carbocycles. The number of benzene rings is 1. The van der Waals surface area contributed by atoms with Crippen LogP contribution in [0.1, 0.15) is 68.5 Å². The summed E-state index contributed by atoms with van der Waals surface area (Å²) in [5.41, 5.74) is 5.11. The number of ether oxygens (including phenoxy) is 3. The van der Waals surface area contributed by atoms with E-state index in [4.69, 9.17) is 24.3 Å². The maximum Gasteiger partial charge on any atom is 0.306 e. The molecule has 1 N–H and O–H groups in total. The van der Waals surface area contributed by atoms with Gasteiger partial charge in [-0.3, -0.25) is 9.78 Å². The highest BCUT2D eigenvalue weighted by atomic mass is 16.5. The SMILES string of the molecule is Cc1cc(-c2c(C3CCOCC3)nc(O[C@H]3C[C@H](C(=O)O)C3)c3cc4c(cnn4C4CCCCO4)cc23)ccn1. The summed E-state index contributed by atoms with van der Waals surface area (Å²) < 4.78 is 20.3. The highest BCUT2D eigenvalue weighted by Gasteiger charge is 2.37. The van der Waals surface area contributed by atoms with E-state index in [1.165, 1.54) is 0 Å². The molecule has 3 aliphatic rings. The molecule has 3 aromatic heterocycles. The summed E-state index contributed by atoms with van der Waals surface area (Å²) in [4.78, 5) is 21.2. The number of fused-ring (bicyclic) bond motifs is 2. The van der Waals surface area contributed by atoms with Crippen molar-refractivity contribution in [1.29, 1.82) is 0 Å². The highest BCUT2D eigenvalue weighted by Crippen LogP contribution is 2.44. The summed E-state index contributed by atoms with van der Waals surface area (Å²) in [6.07, 6.45) is 9.39. The van der Waals surface area contributed by atoms with E-state index in [9.17, 15) is 9.90 Å². The molecule has 208 valence electrons. The van der Waals surface area contributed by atoms with E-state index in [1.54, 1.807) is 0 Å². The third-order valence-corrected chi connectivity index (χ3v) is 8.66. The Labute approximate surface area is 232 Å². The van der Waals surface area contributed by atoms with Gasteiger partial charge in [-0.1, -0.05) is 0 Å². The van der Waals surface area contributed by atoms with E-state index in [-0.39, 0.29) is 24.2 Å². The first-order valence-electron chi connectivity index (χ1n) is 14.4. The van der Waals surface area contributed by atoms with Crippen LogP contribution in [0.5, 0.6) is 5.88 Å². The molecule has 5 heterocycles. The number of hydrogen-bond acceptors (Lipinski definition) is 7. The number of carboxylic acid groups (broad SMARTS) is 1. The van der Waals surface area contributed by atoms with E-state index in [1.807, 2.05) is 24.0 Å². The van der Waals surface area contributed by atoms with Gasteiger partial charge in [0.25, 0.3) is 0 Å². The Hall–Kier alpha value is -3.56. The Morgan fingerprint density at radius 2 is 1.93 bits per heavy atom. The molecule has 7 rings (SSSR count). The summed E-state index contributed by atoms with van der Waals surface area (Å²) in [7, 11) is 0. The van der Waals surface area contributed by atoms with Crippen LogP contribution in [-0.2, 0) is 14.3 Å². The van der Waals surface area contributed by atoms with Crippen molar-refractivity contribution in [1.82, 2.24) is 19.7 Å². The van der Waals surface area contributed by atoms with Crippen LogP contribution in [0, 0.1) is 12.8 Å². The molecule has 40 heavy (non-hydrogen) atoms. The van der Waals surface area contributed by atoms with Crippen molar-refractivity contribution in [3.63, 3.8) is 0 Å². The molecule has 0 bridgehead atoms. The van der Waals surface area contributed by atoms with Crippen molar-refractivity contribution in [2.24, 2.45) is 5.92 Å². The van der Waals surface area contributed by atoms with Gasteiger partial charge in [0, 0.05) is 54.0 Å². The fourth-order valence-corrected chi connectivity index (χ4v) is 6.37. The fourth-order valence-electron chi connectivity index (χ4n) is 6.37. The van der Waals surface area contributed by atoms with Gasteiger partial charge in [0.1, 0.15) is 6.10 Å². The Morgan fingerprint density at radius 3 is 2.67 bits per heavy atom. The Bertz CT molecular complexity index is 1570. The molecular formula is C31H34N4O5. The lowest BCUT2D eigenvalue weighted by atomic mass is 9.82. The van der Waals surface area contributed by atoms with Crippen LogP contribution in [0.4, 0.5) is 0 Å². The second-order valence-corrected chi connectivity index (χ2v) is 11.4. The third-order valence-electron chi connectivity index (χ3n) is 8.66. The van der Waals surface area contributed by atoms with E-state index in [0.717, 1.165) is 82.9 Å². The number of hydrogen-bond donors (Lipinski definition) is 1. The van der Waals surface area contributed by atoms with Gasteiger partial charge in [0.05, 0.1) is 23.3 Å². The van der Waals surface area contributed by atoms with Crippen LogP contribution in [-0.4, -0.2) is 56.7 Å². The lowest BCUT2D eigenvalue weighted by molar-refractivity contribution is -0.148. The Balaban J connectivity index is 1.44. The summed E-state index contributed by atoms with van der Waals surface area (Å²) in [5, 5.41) is 17.2. The number of aliphatic carboxylic acids is 1. The molecule has 9 heteroatoms. The number of rotatable bonds is 6. The summed E-state index contributed by atoms with van der Waals surface area (Å²) in [6.45, 7) is 4.14. The molecule has 0 amide bonds. The number of pyridine rings is 2. The van der Waals surface area contributed by atoms with E-state index < -0.39 is 5.97 Å². The van der Waals surface area contributed by atoms with Crippen molar-refractivity contribution in [3.05, 3.63) is 48.0 Å². The van der Waals surface area contributed by atoms with Crippen LogP contribution in [0.2, 0.25) is 0 Å². The number of nitrogens with zero attached hydrogens (tertiary/aromatic N) is 4. The van der Waals surface area contributed by atoms with E-state index >= 15 is 0 Å². The molecule has 0 radical (unpaired) electrons. The van der Waals surface area contributed by atoms with Gasteiger partial charge in [0.15, 0.2) is 6.23 Å². The van der Waals surface area contributed by atoms with Crippen molar-refractivity contribution in [2.75, 3.05) is 19.8 Å². The molecule has 1 atom stereocenters. The van der Waals surface area contributed by atoms with Crippen LogP contribution in [0.15, 0.2) is 36.7 Å². The van der Waals surface area contributed by atoms with Crippen molar-refractivity contribution >= 4 is 27.6 Å². The third kappa shape index (κ3) is 4.61. The smallest absolute Gasteiger partial charge is 0.306 e. The maximum absolute atomic E-state index is 11.5. The van der Waals surface area contributed by atoms with Crippen molar-refractivity contribution in [2.45, 2.75) is 70.1 Å². The molecule has 2 saturated heterocycles. The van der Waals surface area contributed by atoms with Crippen LogP contribution in [0.3, 0.4) is 0 Å². The fraction of sp³-hybridized carbons (Fsp3) is 0.484. The standard InChI is InChI=1S/C31H34N4O5/c1-18-12-20(5-8-32-18)28-24-15-22-17-33-35(27-4-2-3-9-39-27)26(22)16-25(24)30(40-23-13-21(14-23)31(36)37)34-29(28)19-6-10-38-11-7-19/h5,8,12,15-17,19,21,23,27H,2-4,6-7,9-11,13-14H2,1H3,(H,36,37)/t21-,23-,27?. The van der Waals surface area contributed by atoms with Crippen molar-refractivity contribution in [3.8, 4) is 17.0 Å². The van der Waals surface area contributed by atoms with Crippen LogP contribution in [0.25, 0.3) is 32.8 Å². The first-order valence-corrected chi connectivity index (χ1v) is 14.4. The number of carbonyl (C=O) groups is 1. The summed E-state index contributed by atoms with van der Waals surface area (Å²) >= 11 is 0. The molecule has 9 nitrogen and oxygen atoms in total. The minimum atomic E-state index is -0.762. The minimum Gasteiger partial charge on any atom is -0.481 e.